The number of hydrogen-bond donors (Lipinski definition) is 1. The molecule has 0 saturated heterocycles. The maximum Gasteiger partial charge on any atom is 0.107 e. The number of nitrogens with one attached hydrogen (secondary N) is 1. The standard InChI is InChI=1S/C19H37NO4/c1-18(2)7-6-9-21-11-13-23-15-16-24-14-12-22-10-8-20-17-19(3,4)5/h18,20H,8-17H2,1-5H3. The van der Waals surface area contributed by atoms with Gasteiger partial charge in [-0.25, -0.2) is 0 Å². The van der Waals surface area contributed by atoms with E-state index in [4.69, 9.17) is 18.9 Å². The highest BCUT2D eigenvalue weighted by Crippen LogP contribution is 2.09. The van der Waals surface area contributed by atoms with Crippen molar-refractivity contribution in [3.05, 3.63) is 0 Å². The third kappa shape index (κ3) is 21.4. The molecule has 0 aliphatic rings. The zero-order valence-corrected chi connectivity index (χ0v) is 16.3. The SMILES string of the molecule is CC(C)C#CCOCCOCCOCCOCCNCC(C)(C)C. The van der Waals surface area contributed by atoms with Crippen LogP contribution in [-0.2, 0) is 18.9 Å². The summed E-state index contributed by atoms with van der Waals surface area (Å²) in [6, 6.07) is 0. The Morgan fingerprint density at radius 2 is 1.29 bits per heavy atom. The molecule has 0 saturated carbocycles. The molecule has 0 fully saturated rings. The van der Waals surface area contributed by atoms with E-state index in [1.807, 2.05) is 0 Å². The van der Waals surface area contributed by atoms with Crippen LogP contribution < -0.4 is 5.32 Å². The molecule has 0 atom stereocenters. The summed E-state index contributed by atoms with van der Waals surface area (Å²) in [5.41, 5.74) is 0.315. The Morgan fingerprint density at radius 1 is 0.792 bits per heavy atom. The molecular weight excluding hydrogens is 306 g/mol. The average Bonchev–Trinajstić information content (AvgIpc) is 2.49. The maximum atomic E-state index is 5.49. The first-order chi connectivity index (χ1) is 11.4. The summed E-state index contributed by atoms with van der Waals surface area (Å²) in [4.78, 5) is 0. The van der Waals surface area contributed by atoms with Gasteiger partial charge in [0.05, 0.1) is 46.2 Å². The van der Waals surface area contributed by atoms with Gasteiger partial charge in [0.1, 0.15) is 6.61 Å². The van der Waals surface area contributed by atoms with Crippen molar-refractivity contribution in [3.63, 3.8) is 0 Å². The molecule has 1 N–H and O–H groups in total. The van der Waals surface area contributed by atoms with Gasteiger partial charge in [-0.2, -0.15) is 0 Å². The van der Waals surface area contributed by atoms with Gasteiger partial charge in [0.15, 0.2) is 0 Å². The molecule has 0 aromatic rings. The third-order valence-corrected chi connectivity index (χ3v) is 2.76. The van der Waals surface area contributed by atoms with Crippen LogP contribution in [0, 0.1) is 23.2 Å². The molecule has 0 aliphatic carbocycles. The van der Waals surface area contributed by atoms with Crippen LogP contribution in [-0.4, -0.2) is 65.9 Å². The highest BCUT2D eigenvalue weighted by atomic mass is 16.6. The molecule has 0 bridgehead atoms. The quantitative estimate of drug-likeness (QED) is 0.387. The monoisotopic (exact) mass is 343 g/mol. The Balaban J connectivity index is 3.09. The molecule has 5 heteroatoms. The van der Waals surface area contributed by atoms with E-state index in [1.54, 1.807) is 0 Å². The van der Waals surface area contributed by atoms with Gasteiger partial charge in [-0.1, -0.05) is 46.5 Å². The summed E-state index contributed by atoms with van der Waals surface area (Å²) >= 11 is 0. The van der Waals surface area contributed by atoms with E-state index in [0.29, 0.717) is 64.2 Å². The molecule has 0 radical (unpaired) electrons. The van der Waals surface area contributed by atoms with Crippen molar-refractivity contribution in [2.45, 2.75) is 34.6 Å². The predicted octanol–water partition coefficient (Wildman–Crippen LogP) is 2.35. The summed E-state index contributed by atoms with van der Waals surface area (Å²) < 4.78 is 21.7. The van der Waals surface area contributed by atoms with Crippen LogP contribution in [0.5, 0.6) is 0 Å². The molecule has 0 aromatic carbocycles. The zero-order chi connectivity index (χ0) is 18.1. The fourth-order valence-electron chi connectivity index (χ4n) is 1.64. The van der Waals surface area contributed by atoms with Crippen LogP contribution in [0.15, 0.2) is 0 Å². The fraction of sp³-hybridized carbons (Fsp3) is 0.895. The lowest BCUT2D eigenvalue weighted by molar-refractivity contribution is 0.00160. The number of hydrogen-bond acceptors (Lipinski definition) is 5. The van der Waals surface area contributed by atoms with Crippen molar-refractivity contribution < 1.29 is 18.9 Å². The Morgan fingerprint density at radius 3 is 1.79 bits per heavy atom. The van der Waals surface area contributed by atoms with E-state index < -0.39 is 0 Å². The second-order valence-electron chi connectivity index (χ2n) is 7.10. The Bertz CT molecular complexity index is 328. The summed E-state index contributed by atoms with van der Waals surface area (Å²) in [6.45, 7) is 17.3. The largest absolute Gasteiger partial charge is 0.378 e. The van der Waals surface area contributed by atoms with Crippen molar-refractivity contribution in [1.29, 1.82) is 0 Å². The van der Waals surface area contributed by atoms with Crippen LogP contribution in [0.2, 0.25) is 0 Å². The molecule has 5 nitrogen and oxygen atoms in total. The van der Waals surface area contributed by atoms with Crippen molar-refractivity contribution >= 4 is 0 Å². The van der Waals surface area contributed by atoms with Gasteiger partial charge < -0.3 is 24.3 Å². The van der Waals surface area contributed by atoms with E-state index in [0.717, 1.165) is 13.1 Å². The molecule has 0 rings (SSSR count). The zero-order valence-electron chi connectivity index (χ0n) is 16.3. The lowest BCUT2D eigenvalue weighted by atomic mass is 9.97. The molecule has 0 amide bonds. The molecule has 24 heavy (non-hydrogen) atoms. The van der Waals surface area contributed by atoms with Gasteiger partial charge >= 0.3 is 0 Å². The lowest BCUT2D eigenvalue weighted by Gasteiger charge is -2.18. The Hall–Kier alpha value is -0.640. The normalized spacial score (nSPS) is 11.6. The molecule has 142 valence electrons. The minimum atomic E-state index is 0.315. The van der Waals surface area contributed by atoms with Crippen molar-refractivity contribution in [2.24, 2.45) is 11.3 Å². The minimum absolute atomic E-state index is 0.315. The van der Waals surface area contributed by atoms with Crippen molar-refractivity contribution in [3.8, 4) is 11.8 Å². The summed E-state index contributed by atoms with van der Waals surface area (Å²) in [6.07, 6.45) is 0. The summed E-state index contributed by atoms with van der Waals surface area (Å²) in [5, 5.41) is 3.37. The fourth-order valence-corrected chi connectivity index (χ4v) is 1.64. The van der Waals surface area contributed by atoms with Gasteiger partial charge in [-0.15, -0.1) is 0 Å². The van der Waals surface area contributed by atoms with E-state index in [2.05, 4.69) is 51.8 Å². The van der Waals surface area contributed by atoms with Gasteiger partial charge in [-0.3, -0.25) is 0 Å². The van der Waals surface area contributed by atoms with Crippen molar-refractivity contribution in [1.82, 2.24) is 5.32 Å². The van der Waals surface area contributed by atoms with Gasteiger partial charge in [-0.05, 0) is 5.41 Å². The number of rotatable bonds is 14. The summed E-state index contributed by atoms with van der Waals surface area (Å²) in [7, 11) is 0. The first-order valence-corrected chi connectivity index (χ1v) is 8.92. The highest BCUT2D eigenvalue weighted by Gasteiger charge is 2.08. The summed E-state index contributed by atoms with van der Waals surface area (Å²) in [5.74, 6) is 6.41. The predicted molar refractivity (Wildman–Crippen MR) is 98.2 cm³/mol. The minimum Gasteiger partial charge on any atom is -0.378 e. The second kappa shape index (κ2) is 15.9. The average molecular weight is 344 g/mol. The Labute approximate surface area is 148 Å². The molecule has 0 unspecified atom stereocenters. The van der Waals surface area contributed by atoms with E-state index in [9.17, 15) is 0 Å². The van der Waals surface area contributed by atoms with Crippen LogP contribution in [0.4, 0.5) is 0 Å². The van der Waals surface area contributed by atoms with E-state index in [1.165, 1.54) is 0 Å². The van der Waals surface area contributed by atoms with Gasteiger partial charge in [0, 0.05) is 19.0 Å². The van der Waals surface area contributed by atoms with Crippen LogP contribution in [0.1, 0.15) is 34.6 Å². The van der Waals surface area contributed by atoms with E-state index >= 15 is 0 Å². The lowest BCUT2D eigenvalue weighted by Crippen LogP contribution is -2.29. The molecule has 0 aromatic heterocycles. The van der Waals surface area contributed by atoms with Crippen LogP contribution >= 0.6 is 0 Å². The second-order valence-corrected chi connectivity index (χ2v) is 7.10. The molecular formula is C19H37NO4. The molecule has 0 spiro atoms. The van der Waals surface area contributed by atoms with Crippen LogP contribution in [0.25, 0.3) is 0 Å². The van der Waals surface area contributed by atoms with Crippen molar-refractivity contribution in [2.75, 3.05) is 65.9 Å². The molecule has 0 heterocycles. The van der Waals surface area contributed by atoms with Gasteiger partial charge in [0.2, 0.25) is 0 Å². The topological polar surface area (TPSA) is 49.0 Å². The van der Waals surface area contributed by atoms with Crippen LogP contribution in [0.3, 0.4) is 0 Å². The Kier molecular flexibility index (Phi) is 15.4. The smallest absolute Gasteiger partial charge is 0.107 e. The van der Waals surface area contributed by atoms with E-state index in [-0.39, 0.29) is 0 Å². The van der Waals surface area contributed by atoms with Gasteiger partial charge in [0.25, 0.3) is 0 Å². The third-order valence-electron chi connectivity index (χ3n) is 2.76. The maximum absolute atomic E-state index is 5.49. The molecule has 0 aliphatic heterocycles. The highest BCUT2D eigenvalue weighted by molar-refractivity contribution is 5.01. The number of ether oxygens (including phenoxy) is 4. The first-order valence-electron chi connectivity index (χ1n) is 8.92. The first kappa shape index (κ1) is 23.4.